The second kappa shape index (κ2) is 13.9. The SMILES string of the molecule is C[Si]12O[Si](c3ccc(O)cc3)O[Si]3(C)O[Si]4(C)O[Si]5(C)O[Si](c6ccc(O)cc6)O[Si](C)(O[Si](C)(O1)O4)O[Si](C)(O2)O[Si](C)(O3)O5.[Y].[Y]. The molecule has 8 bridgehead atoms. The molecule has 0 aromatic heterocycles. The van der Waals surface area contributed by atoms with E-state index in [-0.39, 0.29) is 76.9 Å². The Balaban J connectivity index is 0.00000225. The van der Waals surface area contributed by atoms with Crippen molar-refractivity contribution in [2.45, 2.75) is 52.4 Å². The van der Waals surface area contributed by atoms with E-state index in [1.54, 1.807) is 101 Å². The first-order chi connectivity index (χ1) is 21.2. The van der Waals surface area contributed by atoms with Gasteiger partial charge in [0, 0.05) is 118 Å². The van der Waals surface area contributed by atoms with E-state index in [0.717, 1.165) is 0 Å². The first-order valence-electron chi connectivity index (χ1n) is 14.3. The molecule has 0 atom stereocenters. The zero-order valence-corrected chi connectivity index (χ0v) is 43.1. The average molecular weight is 989 g/mol. The van der Waals surface area contributed by atoms with Gasteiger partial charge >= 0.3 is 89.0 Å². The van der Waals surface area contributed by atoms with Crippen molar-refractivity contribution in [3.8, 4) is 11.5 Å². The van der Waals surface area contributed by atoms with Gasteiger partial charge in [0.05, 0.1) is 0 Å². The van der Waals surface area contributed by atoms with Crippen LogP contribution in [0.2, 0.25) is 52.4 Å². The van der Waals surface area contributed by atoms with Crippen molar-refractivity contribution in [1.82, 2.24) is 0 Å². The summed E-state index contributed by atoms with van der Waals surface area (Å²) in [7, 11) is -36.2. The molecule has 6 aliphatic rings. The smallest absolute Gasteiger partial charge is 0.475 e. The number of benzene rings is 2. The number of fused-ring (bicyclic) bond motifs is 4. The number of hydrogen-bond acceptors (Lipinski definition) is 16. The van der Waals surface area contributed by atoms with Crippen molar-refractivity contribution in [2.24, 2.45) is 0 Å². The van der Waals surface area contributed by atoms with Crippen LogP contribution in [-0.2, 0) is 123 Å². The zero-order valence-electron chi connectivity index (χ0n) is 27.4. The molecule has 2 N–H and O–H groups in total. The van der Waals surface area contributed by atoms with Crippen molar-refractivity contribution in [2.75, 3.05) is 0 Å². The average Bonchev–Trinajstić information content (AvgIpc) is 2.83. The van der Waals surface area contributed by atoms with Gasteiger partial charge in [-0.3, -0.25) is 0 Å². The van der Waals surface area contributed by atoms with Gasteiger partial charge in [-0.05, 0) is 34.6 Å². The van der Waals surface area contributed by atoms with Crippen LogP contribution in [-0.4, -0.2) is 99.2 Å². The molecule has 6 aliphatic heterocycles. The summed E-state index contributed by atoms with van der Waals surface area (Å²) >= 11 is 0. The Labute approximate surface area is 341 Å². The summed E-state index contributed by atoms with van der Waals surface area (Å²) in [5, 5.41) is 21.3. The minimum Gasteiger partial charge on any atom is -0.508 e. The Hall–Kier alpha value is 1.86. The van der Waals surface area contributed by atoms with Crippen molar-refractivity contribution >= 4 is 99.4 Å². The Morgan fingerprint density at radius 3 is 0.750 bits per heavy atom. The maximum absolute atomic E-state index is 10.0. The monoisotopic (exact) mass is 988 g/mol. The van der Waals surface area contributed by atoms with Gasteiger partial charge in [0.25, 0.3) is 0 Å². The van der Waals surface area contributed by atoms with Crippen molar-refractivity contribution in [3.63, 3.8) is 0 Å². The number of phenols is 2. The summed E-state index contributed by atoms with van der Waals surface area (Å²) in [5.41, 5.74) is 0. The predicted molar refractivity (Wildman–Crippen MR) is 175 cm³/mol. The van der Waals surface area contributed by atoms with E-state index in [4.69, 9.17) is 57.6 Å². The summed E-state index contributed by atoms with van der Waals surface area (Å²) in [6, 6.07) is 13.0. The first-order valence-corrected chi connectivity index (χ1v) is 34.7. The molecular formula is C20H34O16Si10Y2. The molecule has 6 fully saturated rings. The van der Waals surface area contributed by atoms with Gasteiger partial charge in [0.15, 0.2) is 0 Å². The zero-order chi connectivity index (χ0) is 33.0. The van der Waals surface area contributed by atoms with Crippen LogP contribution in [0.15, 0.2) is 48.5 Å². The van der Waals surface area contributed by atoms with Crippen LogP contribution < -0.4 is 10.4 Å². The summed E-state index contributed by atoms with van der Waals surface area (Å²) in [6.07, 6.45) is 0. The molecule has 8 rings (SSSR count). The Kier molecular flexibility index (Phi) is 11.8. The molecule has 0 amide bonds. The number of aromatic hydroxyl groups is 2. The summed E-state index contributed by atoms with van der Waals surface area (Å²) in [6.45, 7) is 13.7. The van der Waals surface area contributed by atoms with E-state index in [1.165, 1.54) is 0 Å². The van der Waals surface area contributed by atoms with Crippen LogP contribution in [0.3, 0.4) is 0 Å². The van der Waals surface area contributed by atoms with Gasteiger partial charge < -0.3 is 67.8 Å². The van der Waals surface area contributed by atoms with Crippen LogP contribution in [0.5, 0.6) is 11.5 Å². The van der Waals surface area contributed by atoms with Crippen molar-refractivity contribution < 1.29 is 133 Å². The van der Waals surface area contributed by atoms with Gasteiger partial charge in [-0.25, -0.2) is 0 Å². The minimum absolute atomic E-state index is 0. The van der Waals surface area contributed by atoms with Gasteiger partial charge in [0.2, 0.25) is 0 Å². The summed E-state index contributed by atoms with van der Waals surface area (Å²) in [5.74, 6) is 0.162. The molecule has 0 aliphatic carbocycles. The molecule has 256 valence electrons. The normalized spacial score (nSPS) is 44.7. The summed E-state index contributed by atoms with van der Waals surface area (Å²) < 4.78 is 95.2. The summed E-state index contributed by atoms with van der Waals surface area (Å²) in [4.78, 5) is 0. The van der Waals surface area contributed by atoms with E-state index >= 15 is 0 Å². The Morgan fingerprint density at radius 2 is 0.542 bits per heavy atom. The molecule has 16 nitrogen and oxygen atoms in total. The van der Waals surface area contributed by atoms with Gasteiger partial charge in [-0.2, -0.15) is 0 Å². The quantitative estimate of drug-likeness (QED) is 0.409. The predicted octanol–water partition coefficient (Wildman–Crippen LogP) is 1.03. The first kappa shape index (κ1) is 41.0. The molecule has 6 saturated heterocycles. The minimum atomic E-state index is -3.94. The van der Waals surface area contributed by atoms with Gasteiger partial charge in [-0.1, -0.05) is 24.3 Å². The van der Waals surface area contributed by atoms with Crippen LogP contribution in [0.25, 0.3) is 0 Å². The van der Waals surface area contributed by atoms with Crippen LogP contribution in [0.4, 0.5) is 0 Å². The largest absolute Gasteiger partial charge is 0.508 e. The van der Waals surface area contributed by atoms with Crippen molar-refractivity contribution in [1.29, 1.82) is 0 Å². The number of phenolic OH excluding ortho intramolecular Hbond substituents is 2. The van der Waals surface area contributed by atoms with E-state index in [1.807, 2.05) is 0 Å². The molecule has 48 heavy (non-hydrogen) atoms. The van der Waals surface area contributed by atoms with Crippen LogP contribution in [0.1, 0.15) is 0 Å². The molecule has 6 heterocycles. The Bertz CT molecular complexity index is 1320. The van der Waals surface area contributed by atoms with Gasteiger partial charge in [0.1, 0.15) is 11.5 Å². The molecule has 2 aromatic carbocycles. The van der Waals surface area contributed by atoms with Crippen LogP contribution >= 0.6 is 0 Å². The number of rotatable bonds is 2. The van der Waals surface area contributed by atoms with E-state index in [9.17, 15) is 10.2 Å². The van der Waals surface area contributed by atoms with E-state index < -0.39 is 89.0 Å². The fourth-order valence-electron chi connectivity index (χ4n) is 6.01. The molecule has 28 heteroatoms. The topological polar surface area (TPSA) is 170 Å². The third-order valence-electron chi connectivity index (χ3n) is 7.03. The molecular weight excluding hydrogens is 955 g/mol. The molecule has 0 unspecified atom stereocenters. The van der Waals surface area contributed by atoms with Gasteiger partial charge in [-0.15, -0.1) is 0 Å². The second-order valence-electron chi connectivity index (χ2n) is 12.0. The molecule has 0 spiro atoms. The molecule has 2 aromatic rings. The fraction of sp³-hybridized carbons (Fsp3) is 0.400. The third-order valence-corrected chi connectivity index (χ3v) is 47.2. The molecule has 0 saturated carbocycles. The standard InChI is InChI=1S/C20H34O16Si10.2Y/c1-39-23-37(19-13-9-17(21)10-14-19)24-40(2)31-45(7)33-42(4)26-38(20-15-11-18(22)12-16-20)25-41(3,29-43(5,27-39)35-45)30-44(6,28-39)36-46(8,32-40)34-42;;/h9-16,21-22H,1-8H3;;. The maximum atomic E-state index is 10.0. The van der Waals surface area contributed by atoms with E-state index in [2.05, 4.69) is 0 Å². The van der Waals surface area contributed by atoms with E-state index in [0.29, 0.717) is 10.4 Å². The molecule has 4 radical (unpaired) electrons. The Morgan fingerprint density at radius 1 is 0.354 bits per heavy atom. The second-order valence-corrected chi connectivity index (χ2v) is 39.5. The maximum Gasteiger partial charge on any atom is 0.475 e. The van der Waals surface area contributed by atoms with Crippen LogP contribution in [0, 0.1) is 0 Å². The fourth-order valence-corrected chi connectivity index (χ4v) is 55.2. The number of hydrogen-bond donors (Lipinski definition) is 2. The third kappa shape index (κ3) is 8.71. The van der Waals surface area contributed by atoms with Crippen molar-refractivity contribution in [3.05, 3.63) is 48.5 Å².